The van der Waals surface area contributed by atoms with E-state index < -0.39 is 11.9 Å². The van der Waals surface area contributed by atoms with Gasteiger partial charge in [-0.3, -0.25) is 19.8 Å². The number of rotatable bonds is 7. The minimum absolute atomic E-state index is 0.0626. The number of carbonyl (C=O) groups excluding carboxylic acids is 1. The summed E-state index contributed by atoms with van der Waals surface area (Å²) < 4.78 is 40.1. The van der Waals surface area contributed by atoms with Gasteiger partial charge in [0, 0.05) is 24.2 Å². The Morgan fingerprint density at radius 2 is 2.03 bits per heavy atom. The number of alkyl halides is 3. The maximum Gasteiger partial charge on any atom is 0.433 e. The Morgan fingerprint density at radius 1 is 1.22 bits per heavy atom. The summed E-state index contributed by atoms with van der Waals surface area (Å²) in [5.74, 6) is -0.329. The van der Waals surface area contributed by atoms with Crippen molar-refractivity contribution in [2.24, 2.45) is 4.99 Å². The van der Waals surface area contributed by atoms with Gasteiger partial charge in [0.15, 0.2) is 0 Å². The lowest BCUT2D eigenvalue weighted by molar-refractivity contribution is -0.141. The molecule has 3 aromatic rings. The molecule has 0 atom stereocenters. The average Bonchev–Trinajstić information content (AvgIpc) is 3.23. The molecule has 0 saturated carbocycles. The Bertz CT molecular complexity index is 1130. The molecule has 3 heterocycles. The highest BCUT2D eigenvalue weighted by Crippen LogP contribution is 2.30. The molecule has 10 heteroatoms. The van der Waals surface area contributed by atoms with Crippen molar-refractivity contribution < 1.29 is 18.0 Å². The quantitative estimate of drug-likeness (QED) is 0.531. The van der Waals surface area contributed by atoms with E-state index in [4.69, 9.17) is 0 Å². The van der Waals surface area contributed by atoms with Crippen LogP contribution in [0.1, 0.15) is 31.7 Å². The number of nitrogens with zero attached hydrogens (tertiary/aromatic N) is 5. The monoisotopic (exact) mass is 442 g/mol. The van der Waals surface area contributed by atoms with Crippen LogP contribution in [0.3, 0.4) is 0 Å². The molecular formula is C22H21F3N6O. The van der Waals surface area contributed by atoms with Crippen molar-refractivity contribution in [3.05, 3.63) is 66.6 Å². The zero-order chi connectivity index (χ0) is 23.1. The summed E-state index contributed by atoms with van der Waals surface area (Å²) in [5, 5.41) is 2.73. The molecule has 3 aromatic heterocycles. The number of nitrogens with one attached hydrogen (secondary N) is 1. The van der Waals surface area contributed by atoms with E-state index in [1.54, 1.807) is 18.3 Å². The van der Waals surface area contributed by atoms with E-state index in [1.807, 2.05) is 19.9 Å². The van der Waals surface area contributed by atoms with Crippen molar-refractivity contribution in [2.75, 3.05) is 5.32 Å². The first-order valence-corrected chi connectivity index (χ1v) is 9.80. The Hall–Kier alpha value is -3.82. The highest BCUT2D eigenvalue weighted by molar-refractivity contribution is 5.90. The molecule has 1 N–H and O–H groups in total. The number of anilines is 1. The highest BCUT2D eigenvalue weighted by Gasteiger charge is 2.32. The van der Waals surface area contributed by atoms with E-state index in [1.165, 1.54) is 29.4 Å². The fourth-order valence-electron chi connectivity index (χ4n) is 2.80. The number of aliphatic imine (C=N–C) groups is 1. The highest BCUT2D eigenvalue weighted by atomic mass is 19.4. The number of allylic oxidation sites excluding steroid dienone is 1. The molecule has 0 bridgehead atoms. The zero-order valence-corrected chi connectivity index (χ0v) is 17.5. The van der Waals surface area contributed by atoms with E-state index in [-0.39, 0.29) is 18.0 Å². The number of amides is 1. The van der Waals surface area contributed by atoms with Crippen LogP contribution in [-0.2, 0) is 17.5 Å². The fraction of sp³-hybridized carbons (Fsp3) is 0.227. The zero-order valence-electron chi connectivity index (χ0n) is 17.5. The molecule has 0 fully saturated rings. The molecule has 1 amide bonds. The second kappa shape index (κ2) is 9.99. The minimum Gasteiger partial charge on any atom is -0.327 e. The lowest BCUT2D eigenvalue weighted by atomic mass is 10.2. The largest absolute Gasteiger partial charge is 0.433 e. The maximum atomic E-state index is 12.9. The van der Waals surface area contributed by atoms with E-state index in [2.05, 4.69) is 25.3 Å². The van der Waals surface area contributed by atoms with Gasteiger partial charge in [0.25, 0.3) is 0 Å². The first kappa shape index (κ1) is 22.9. The second-order valence-electron chi connectivity index (χ2n) is 6.73. The molecule has 0 unspecified atom stereocenters. The van der Waals surface area contributed by atoms with Gasteiger partial charge in [-0.15, -0.1) is 0 Å². The first-order valence-electron chi connectivity index (χ1n) is 9.80. The van der Waals surface area contributed by atoms with Crippen molar-refractivity contribution in [1.82, 2.24) is 19.5 Å². The molecule has 0 aliphatic heterocycles. The van der Waals surface area contributed by atoms with Crippen molar-refractivity contribution in [3.63, 3.8) is 0 Å². The maximum absolute atomic E-state index is 12.9. The van der Waals surface area contributed by atoms with Gasteiger partial charge in [0.2, 0.25) is 5.91 Å². The normalized spacial score (nSPS) is 12.3. The van der Waals surface area contributed by atoms with Crippen LogP contribution in [-0.4, -0.2) is 31.6 Å². The van der Waals surface area contributed by atoms with Gasteiger partial charge >= 0.3 is 6.18 Å². The van der Waals surface area contributed by atoms with Gasteiger partial charge < -0.3 is 9.88 Å². The van der Waals surface area contributed by atoms with Crippen LogP contribution in [0.15, 0.2) is 60.3 Å². The van der Waals surface area contributed by atoms with Crippen molar-refractivity contribution >= 4 is 23.5 Å². The molecule has 0 spiro atoms. The first-order chi connectivity index (χ1) is 15.3. The number of aromatic nitrogens is 4. The Balaban J connectivity index is 1.64. The standard InChI is InChI=1S/C22H21F3N6O/c1-3-8-26-17(4-2)18-6-5-16(11-28-18)30-21(32)13-31-12-19(29-14-31)15-7-9-27-20(10-15)22(23,24)25/h4-12,14H,3,13H2,1-2H3,(H,30,32)/b17-4-,26-8?. The smallest absolute Gasteiger partial charge is 0.327 e. The second-order valence-corrected chi connectivity index (χ2v) is 6.73. The third-order valence-corrected chi connectivity index (χ3v) is 4.30. The lowest BCUT2D eigenvalue weighted by Gasteiger charge is -2.07. The number of hydrogen-bond donors (Lipinski definition) is 1. The Labute approximate surface area is 182 Å². The number of hydrogen-bond acceptors (Lipinski definition) is 5. The van der Waals surface area contributed by atoms with Crippen LogP contribution in [0.5, 0.6) is 0 Å². The predicted octanol–water partition coefficient (Wildman–Crippen LogP) is 4.84. The van der Waals surface area contributed by atoms with Crippen LogP contribution in [0.4, 0.5) is 18.9 Å². The van der Waals surface area contributed by atoms with Gasteiger partial charge in [-0.05, 0) is 37.6 Å². The summed E-state index contributed by atoms with van der Waals surface area (Å²) in [6, 6.07) is 5.83. The van der Waals surface area contributed by atoms with Crippen LogP contribution < -0.4 is 5.32 Å². The van der Waals surface area contributed by atoms with Gasteiger partial charge in [-0.1, -0.05) is 13.0 Å². The molecule has 0 radical (unpaired) electrons. The summed E-state index contributed by atoms with van der Waals surface area (Å²) in [5.41, 5.74) is 1.50. The summed E-state index contributed by atoms with van der Waals surface area (Å²) in [4.78, 5) is 28.4. The van der Waals surface area contributed by atoms with Crippen LogP contribution in [0.25, 0.3) is 17.0 Å². The van der Waals surface area contributed by atoms with Gasteiger partial charge in [0.1, 0.15) is 12.2 Å². The molecule has 32 heavy (non-hydrogen) atoms. The molecule has 0 saturated heterocycles. The summed E-state index contributed by atoms with van der Waals surface area (Å²) >= 11 is 0. The third-order valence-electron chi connectivity index (χ3n) is 4.30. The van der Waals surface area contributed by atoms with Gasteiger partial charge in [0.05, 0.1) is 35.3 Å². The Morgan fingerprint density at radius 3 is 2.69 bits per heavy atom. The number of pyridine rings is 2. The van der Waals surface area contributed by atoms with E-state index in [0.717, 1.165) is 24.4 Å². The summed E-state index contributed by atoms with van der Waals surface area (Å²) in [6.45, 7) is 3.80. The predicted molar refractivity (Wildman–Crippen MR) is 116 cm³/mol. The minimum atomic E-state index is -4.54. The van der Waals surface area contributed by atoms with Crippen LogP contribution in [0.2, 0.25) is 0 Å². The van der Waals surface area contributed by atoms with E-state index in [0.29, 0.717) is 17.1 Å². The number of halogens is 3. The van der Waals surface area contributed by atoms with Crippen LogP contribution >= 0.6 is 0 Å². The topological polar surface area (TPSA) is 85.1 Å². The van der Waals surface area contributed by atoms with E-state index >= 15 is 0 Å². The fourth-order valence-corrected chi connectivity index (χ4v) is 2.80. The molecule has 7 nitrogen and oxygen atoms in total. The Kier molecular flexibility index (Phi) is 7.14. The number of imidazole rings is 1. The molecule has 166 valence electrons. The van der Waals surface area contributed by atoms with Crippen molar-refractivity contribution in [2.45, 2.75) is 33.0 Å². The molecule has 0 aliphatic carbocycles. The van der Waals surface area contributed by atoms with Gasteiger partial charge in [-0.25, -0.2) is 4.98 Å². The number of carbonyl (C=O) groups is 1. The van der Waals surface area contributed by atoms with Gasteiger partial charge in [-0.2, -0.15) is 13.2 Å². The summed E-state index contributed by atoms with van der Waals surface area (Å²) in [6.07, 6.45) is 5.41. The average molecular weight is 442 g/mol. The summed E-state index contributed by atoms with van der Waals surface area (Å²) in [7, 11) is 0. The molecular weight excluding hydrogens is 421 g/mol. The SMILES string of the molecule is C/C=C(\N=CCC)c1ccc(NC(=O)Cn2cnc(-c3ccnc(C(F)(F)F)c3)c2)cn1. The van der Waals surface area contributed by atoms with Crippen molar-refractivity contribution in [3.8, 4) is 11.3 Å². The van der Waals surface area contributed by atoms with E-state index in [9.17, 15) is 18.0 Å². The van der Waals surface area contributed by atoms with Crippen molar-refractivity contribution in [1.29, 1.82) is 0 Å². The van der Waals surface area contributed by atoms with Crippen LogP contribution in [0, 0.1) is 0 Å². The molecule has 0 aromatic carbocycles. The molecule has 0 aliphatic rings. The lowest BCUT2D eigenvalue weighted by Crippen LogP contribution is -2.18. The third kappa shape index (κ3) is 5.87. The molecule has 3 rings (SSSR count).